The maximum atomic E-state index is 6.21. The Balaban J connectivity index is 1.46. The second kappa shape index (κ2) is 11.1. The van der Waals surface area contributed by atoms with E-state index in [0.29, 0.717) is 11.4 Å². The Hall–Kier alpha value is -5.48. The maximum absolute atomic E-state index is 6.21. The molecule has 6 aromatic carbocycles. The molecule has 0 aliphatic heterocycles. The largest absolute Gasteiger partial charge is 0.457 e. The predicted octanol–water partition coefficient (Wildman–Crippen LogP) is 9.44. The molecule has 0 bridgehead atoms. The third kappa shape index (κ3) is 5.52. The molecule has 0 fully saturated rings. The maximum Gasteiger partial charge on any atom is 0.128 e. The average molecular weight is 521 g/mol. The normalized spacial score (nSPS) is 10.7. The average Bonchev–Trinajstić information content (AvgIpc) is 3.00. The van der Waals surface area contributed by atoms with Crippen LogP contribution in [0.5, 0.6) is 23.0 Å². The van der Waals surface area contributed by atoms with Crippen LogP contribution in [-0.4, -0.2) is 0 Å². The molecule has 40 heavy (non-hydrogen) atoms. The van der Waals surface area contributed by atoms with Gasteiger partial charge in [0.1, 0.15) is 23.0 Å². The summed E-state index contributed by atoms with van der Waals surface area (Å²) in [7, 11) is 0. The van der Waals surface area contributed by atoms with Crippen LogP contribution in [0.3, 0.4) is 0 Å². The van der Waals surface area contributed by atoms with Gasteiger partial charge in [-0.25, -0.2) is 0 Å². The van der Waals surface area contributed by atoms with Crippen LogP contribution in [0.15, 0.2) is 146 Å². The van der Waals surface area contributed by atoms with Crippen molar-refractivity contribution in [1.82, 2.24) is 0 Å². The van der Waals surface area contributed by atoms with E-state index >= 15 is 0 Å². The van der Waals surface area contributed by atoms with E-state index in [4.69, 9.17) is 20.9 Å². The monoisotopic (exact) mass is 520 g/mol. The molecule has 194 valence electrons. The minimum atomic E-state index is 0.699. The smallest absolute Gasteiger partial charge is 0.128 e. The van der Waals surface area contributed by atoms with E-state index < -0.39 is 0 Å². The van der Waals surface area contributed by atoms with Gasteiger partial charge in [0.2, 0.25) is 0 Å². The van der Waals surface area contributed by atoms with E-state index in [1.54, 1.807) is 0 Å². The van der Waals surface area contributed by atoms with Gasteiger partial charge >= 0.3 is 0 Å². The van der Waals surface area contributed by atoms with Gasteiger partial charge < -0.3 is 20.9 Å². The molecule has 6 aromatic rings. The van der Waals surface area contributed by atoms with Crippen molar-refractivity contribution < 1.29 is 9.47 Å². The molecule has 0 unspecified atom stereocenters. The molecule has 4 heteroatoms. The quantitative estimate of drug-likeness (QED) is 0.206. The Morgan fingerprint density at radius 3 is 1.05 bits per heavy atom. The highest BCUT2D eigenvalue weighted by molar-refractivity contribution is 5.92. The molecular formula is C36H28N2O2. The topological polar surface area (TPSA) is 70.5 Å². The number of benzene rings is 6. The second-order valence-corrected chi connectivity index (χ2v) is 9.49. The molecule has 0 atom stereocenters. The summed E-state index contributed by atoms with van der Waals surface area (Å²) in [5.74, 6) is 2.96. The highest BCUT2D eigenvalue weighted by Crippen LogP contribution is 2.42. The van der Waals surface area contributed by atoms with Gasteiger partial charge in [0.05, 0.1) is 0 Å². The van der Waals surface area contributed by atoms with Crippen molar-refractivity contribution in [3.63, 3.8) is 0 Å². The van der Waals surface area contributed by atoms with Crippen LogP contribution in [0, 0.1) is 0 Å². The van der Waals surface area contributed by atoms with Crippen molar-refractivity contribution in [2.24, 2.45) is 0 Å². The Bertz CT molecular complexity index is 1600. The van der Waals surface area contributed by atoms with Gasteiger partial charge in [-0.15, -0.1) is 0 Å². The Morgan fingerprint density at radius 1 is 0.325 bits per heavy atom. The van der Waals surface area contributed by atoms with Crippen molar-refractivity contribution in [3.8, 4) is 56.4 Å². The van der Waals surface area contributed by atoms with Crippen LogP contribution < -0.4 is 20.9 Å². The summed E-state index contributed by atoms with van der Waals surface area (Å²) in [6, 6.07) is 48.0. The third-order valence-corrected chi connectivity index (χ3v) is 6.67. The van der Waals surface area contributed by atoms with Crippen molar-refractivity contribution in [1.29, 1.82) is 0 Å². The summed E-state index contributed by atoms with van der Waals surface area (Å²) in [4.78, 5) is 0. The Kier molecular flexibility index (Phi) is 6.89. The zero-order valence-electron chi connectivity index (χ0n) is 21.8. The molecule has 0 aliphatic carbocycles. The van der Waals surface area contributed by atoms with Gasteiger partial charge in [-0.2, -0.15) is 0 Å². The molecular weight excluding hydrogens is 492 g/mol. The summed E-state index contributed by atoms with van der Waals surface area (Å²) in [6.07, 6.45) is 0. The van der Waals surface area contributed by atoms with Gasteiger partial charge in [-0.3, -0.25) is 0 Å². The zero-order valence-corrected chi connectivity index (χ0v) is 21.8. The molecule has 4 N–H and O–H groups in total. The fraction of sp³-hybridized carbons (Fsp3) is 0. The van der Waals surface area contributed by atoms with Crippen LogP contribution >= 0.6 is 0 Å². The van der Waals surface area contributed by atoms with E-state index in [2.05, 4.69) is 48.5 Å². The Labute approximate surface area is 234 Å². The summed E-state index contributed by atoms with van der Waals surface area (Å²) >= 11 is 0. The molecule has 0 radical (unpaired) electrons. The Morgan fingerprint density at radius 2 is 0.675 bits per heavy atom. The molecule has 0 aromatic heterocycles. The molecule has 0 spiro atoms. The van der Waals surface area contributed by atoms with Crippen LogP contribution in [0.4, 0.5) is 11.4 Å². The lowest BCUT2D eigenvalue weighted by Crippen LogP contribution is -1.93. The van der Waals surface area contributed by atoms with Crippen LogP contribution in [0.25, 0.3) is 33.4 Å². The number of nitrogen functional groups attached to an aromatic ring is 2. The minimum absolute atomic E-state index is 0.699. The highest BCUT2D eigenvalue weighted by Gasteiger charge is 2.16. The first-order valence-electron chi connectivity index (χ1n) is 13.1. The number of anilines is 2. The first-order chi connectivity index (χ1) is 19.6. The lowest BCUT2D eigenvalue weighted by molar-refractivity contribution is 0.482. The third-order valence-electron chi connectivity index (χ3n) is 6.67. The molecule has 6 rings (SSSR count). The van der Waals surface area contributed by atoms with Crippen molar-refractivity contribution in [2.75, 3.05) is 11.5 Å². The van der Waals surface area contributed by atoms with Crippen molar-refractivity contribution in [2.45, 2.75) is 0 Å². The zero-order chi connectivity index (χ0) is 27.3. The molecule has 0 saturated heterocycles. The molecule has 0 saturated carbocycles. The number of hydrogen-bond acceptors (Lipinski definition) is 4. The van der Waals surface area contributed by atoms with E-state index in [0.717, 1.165) is 56.4 Å². The van der Waals surface area contributed by atoms with Crippen molar-refractivity contribution in [3.05, 3.63) is 146 Å². The number of ether oxygens (including phenoxy) is 2. The van der Waals surface area contributed by atoms with E-state index in [1.165, 1.54) is 0 Å². The molecule has 0 heterocycles. The molecule has 0 amide bonds. The predicted molar refractivity (Wildman–Crippen MR) is 165 cm³/mol. The number of hydrogen-bond donors (Lipinski definition) is 2. The van der Waals surface area contributed by atoms with Crippen LogP contribution in [0.2, 0.25) is 0 Å². The van der Waals surface area contributed by atoms with Gasteiger partial charge in [0.15, 0.2) is 0 Å². The minimum Gasteiger partial charge on any atom is -0.457 e. The highest BCUT2D eigenvalue weighted by atomic mass is 16.5. The van der Waals surface area contributed by atoms with Crippen LogP contribution in [-0.2, 0) is 0 Å². The number of nitrogens with two attached hydrogens (primary N) is 2. The molecule has 4 nitrogen and oxygen atoms in total. The van der Waals surface area contributed by atoms with Gasteiger partial charge in [0.25, 0.3) is 0 Å². The van der Waals surface area contributed by atoms with Gasteiger partial charge in [-0.05, 0) is 106 Å². The van der Waals surface area contributed by atoms with E-state index in [9.17, 15) is 0 Å². The summed E-state index contributed by atoms with van der Waals surface area (Å²) in [5.41, 5.74) is 19.6. The van der Waals surface area contributed by atoms with E-state index in [1.807, 2.05) is 97.1 Å². The fourth-order valence-corrected chi connectivity index (χ4v) is 4.70. The summed E-state index contributed by atoms with van der Waals surface area (Å²) in [6.45, 7) is 0. The number of rotatable bonds is 7. The van der Waals surface area contributed by atoms with Crippen LogP contribution in [0.1, 0.15) is 0 Å². The fourth-order valence-electron chi connectivity index (χ4n) is 4.70. The first-order valence-corrected chi connectivity index (χ1v) is 13.1. The van der Waals surface area contributed by atoms with Gasteiger partial charge in [0, 0.05) is 11.4 Å². The second-order valence-electron chi connectivity index (χ2n) is 9.49. The van der Waals surface area contributed by atoms with E-state index in [-0.39, 0.29) is 0 Å². The SMILES string of the molecule is Nc1ccc(Oc2ccc(-c3ccc(Oc4ccc(N)cc4)cc3-c3ccccc3)c(-c3ccccc3)c2)cc1. The molecule has 0 aliphatic rings. The standard InChI is InChI=1S/C36H28N2O2/c37-27-11-15-29(16-12-27)39-31-19-21-33(35(23-31)25-7-3-1-4-8-25)34-22-20-32(40-30-17-13-28(38)14-18-30)24-36(34)26-9-5-2-6-10-26/h1-24H,37-38H2. The summed E-state index contributed by atoms with van der Waals surface area (Å²) < 4.78 is 12.4. The first kappa shape index (κ1) is 24.8. The lowest BCUT2D eigenvalue weighted by atomic mass is 9.89. The lowest BCUT2D eigenvalue weighted by Gasteiger charge is -2.18. The summed E-state index contributed by atoms with van der Waals surface area (Å²) in [5, 5.41) is 0. The van der Waals surface area contributed by atoms with Crippen molar-refractivity contribution >= 4 is 11.4 Å². The van der Waals surface area contributed by atoms with Gasteiger partial charge in [-0.1, -0.05) is 72.8 Å².